The Labute approximate surface area is 236 Å². The van der Waals surface area contributed by atoms with E-state index in [1.54, 1.807) is 43.5 Å². The number of halogens is 1. The van der Waals surface area contributed by atoms with Gasteiger partial charge >= 0.3 is 4.87 Å². The number of benzene rings is 3. The Bertz CT molecular complexity index is 1670. The van der Waals surface area contributed by atoms with E-state index in [1.807, 2.05) is 18.2 Å². The number of imide groups is 1. The summed E-state index contributed by atoms with van der Waals surface area (Å²) in [5.74, 6) is -2.28. The molecule has 3 heterocycles. The van der Waals surface area contributed by atoms with Gasteiger partial charge < -0.3 is 10.1 Å². The SMILES string of the molecule is COc1ccc(C2c3sc(=O)n(CC(=O)Nc4ccc(F)cc4)c3SC3C(=O)N(c4ccccc4)C(=O)C32)cc1. The zero-order chi connectivity index (χ0) is 28.0. The summed E-state index contributed by atoms with van der Waals surface area (Å²) in [5, 5.41) is 2.38. The average Bonchev–Trinajstić information content (AvgIpc) is 3.41. The van der Waals surface area contributed by atoms with E-state index in [4.69, 9.17) is 4.74 Å². The first-order valence-corrected chi connectivity index (χ1v) is 14.1. The Morgan fingerprint density at radius 2 is 1.65 bits per heavy atom. The topological polar surface area (TPSA) is 97.7 Å². The number of carbonyl (C=O) groups is 3. The number of thiazole rings is 1. The van der Waals surface area contributed by atoms with E-state index in [0.717, 1.165) is 28.7 Å². The minimum Gasteiger partial charge on any atom is -0.497 e. The van der Waals surface area contributed by atoms with Gasteiger partial charge in [0.15, 0.2) is 0 Å². The second-order valence-electron chi connectivity index (χ2n) is 9.34. The average molecular weight is 576 g/mol. The lowest BCUT2D eigenvalue weighted by Crippen LogP contribution is -2.33. The van der Waals surface area contributed by atoms with Crippen LogP contribution in [0.5, 0.6) is 5.75 Å². The van der Waals surface area contributed by atoms with Gasteiger partial charge in [-0.1, -0.05) is 53.4 Å². The van der Waals surface area contributed by atoms with E-state index in [-0.39, 0.29) is 23.2 Å². The standard InChI is InChI=1S/C29H22FN3O5S2/c1-38-20-13-7-16(8-14-20)22-23-24(27(36)33(26(23)35)19-5-3-2-4-6-19)39-28-25(22)40-29(37)32(28)15-21(34)31-18-11-9-17(30)10-12-18/h2-14,22-24H,15H2,1H3,(H,31,34). The van der Waals surface area contributed by atoms with E-state index in [2.05, 4.69) is 5.32 Å². The molecule has 6 rings (SSSR count). The number of nitrogens with zero attached hydrogens (tertiary/aromatic N) is 2. The summed E-state index contributed by atoms with van der Waals surface area (Å²) in [6.45, 7) is -0.299. The lowest BCUT2D eigenvalue weighted by Gasteiger charge is -2.30. The van der Waals surface area contributed by atoms with E-state index in [1.165, 1.54) is 33.7 Å². The molecular formula is C29H22FN3O5S2. The van der Waals surface area contributed by atoms with Gasteiger partial charge in [0.1, 0.15) is 23.4 Å². The number of thioether (sulfide) groups is 1. The summed E-state index contributed by atoms with van der Waals surface area (Å²) in [6.07, 6.45) is 0. The highest BCUT2D eigenvalue weighted by Gasteiger charge is 2.56. The van der Waals surface area contributed by atoms with Gasteiger partial charge in [-0.05, 0) is 54.1 Å². The number of aromatic nitrogens is 1. The Morgan fingerprint density at radius 1 is 0.950 bits per heavy atom. The number of ether oxygens (including phenoxy) is 1. The number of anilines is 2. The van der Waals surface area contributed by atoms with Crippen molar-refractivity contribution in [2.45, 2.75) is 22.7 Å². The van der Waals surface area contributed by atoms with Crippen LogP contribution in [-0.2, 0) is 20.9 Å². The van der Waals surface area contributed by atoms with E-state index >= 15 is 0 Å². The normalized spacial score (nSPS) is 19.8. The molecule has 3 atom stereocenters. The zero-order valence-corrected chi connectivity index (χ0v) is 22.7. The molecule has 1 saturated heterocycles. The van der Waals surface area contributed by atoms with Crippen molar-refractivity contribution in [2.75, 3.05) is 17.3 Å². The van der Waals surface area contributed by atoms with E-state index in [0.29, 0.717) is 27.0 Å². The van der Waals surface area contributed by atoms with Crippen molar-refractivity contribution in [1.29, 1.82) is 0 Å². The van der Waals surface area contributed by atoms with Gasteiger partial charge in [0.25, 0.3) is 0 Å². The largest absolute Gasteiger partial charge is 0.497 e. The third-order valence-corrected chi connectivity index (χ3v) is 9.57. The fourth-order valence-corrected chi connectivity index (χ4v) is 7.91. The zero-order valence-electron chi connectivity index (χ0n) is 21.1. The van der Waals surface area contributed by atoms with Gasteiger partial charge in [0, 0.05) is 16.5 Å². The molecule has 3 unspecified atom stereocenters. The first-order chi connectivity index (χ1) is 19.4. The lowest BCUT2D eigenvalue weighted by molar-refractivity contribution is -0.122. The fourth-order valence-electron chi connectivity index (χ4n) is 5.13. The molecule has 2 aliphatic heterocycles. The molecule has 11 heteroatoms. The number of carbonyl (C=O) groups excluding carboxylic acids is 3. The third kappa shape index (κ3) is 4.50. The van der Waals surface area contributed by atoms with Crippen molar-refractivity contribution in [3.63, 3.8) is 0 Å². The number of fused-ring (bicyclic) bond motifs is 2. The Balaban J connectivity index is 1.41. The third-order valence-electron chi connectivity index (χ3n) is 6.97. The quantitative estimate of drug-likeness (QED) is 0.340. The minimum absolute atomic E-state index is 0.299. The van der Waals surface area contributed by atoms with Crippen LogP contribution in [0.3, 0.4) is 0 Å². The highest BCUT2D eigenvalue weighted by molar-refractivity contribution is 8.00. The van der Waals surface area contributed by atoms with Gasteiger partial charge in [0.2, 0.25) is 17.7 Å². The summed E-state index contributed by atoms with van der Waals surface area (Å²) in [4.78, 5) is 55.2. The van der Waals surface area contributed by atoms with Gasteiger partial charge in [-0.3, -0.25) is 23.7 Å². The van der Waals surface area contributed by atoms with Crippen molar-refractivity contribution in [1.82, 2.24) is 4.57 Å². The van der Waals surface area contributed by atoms with Crippen LogP contribution in [0.4, 0.5) is 15.8 Å². The maximum absolute atomic E-state index is 13.9. The van der Waals surface area contributed by atoms with Gasteiger partial charge in [-0.25, -0.2) is 9.29 Å². The van der Waals surface area contributed by atoms with Crippen LogP contribution >= 0.6 is 23.1 Å². The predicted molar refractivity (Wildman–Crippen MR) is 151 cm³/mol. The molecule has 3 aromatic carbocycles. The highest BCUT2D eigenvalue weighted by Crippen LogP contribution is 2.54. The first-order valence-electron chi connectivity index (χ1n) is 12.4. The molecule has 0 saturated carbocycles. The smallest absolute Gasteiger partial charge is 0.308 e. The molecule has 8 nitrogen and oxygen atoms in total. The molecule has 4 aromatic rings. The molecule has 3 amide bonds. The van der Waals surface area contributed by atoms with Crippen molar-refractivity contribution in [3.05, 3.63) is 105 Å². The molecule has 2 aliphatic rings. The molecule has 1 aromatic heterocycles. The second kappa shape index (κ2) is 10.4. The fraction of sp³-hybridized carbons (Fsp3) is 0.172. The van der Waals surface area contributed by atoms with Crippen molar-refractivity contribution >= 4 is 52.2 Å². The van der Waals surface area contributed by atoms with Gasteiger partial charge in [-0.2, -0.15) is 0 Å². The minimum atomic E-state index is -0.785. The summed E-state index contributed by atoms with van der Waals surface area (Å²) in [7, 11) is 1.56. The number of nitrogens with one attached hydrogen (secondary N) is 1. The van der Waals surface area contributed by atoms with Crippen molar-refractivity contribution in [3.8, 4) is 5.75 Å². The number of hydrogen-bond acceptors (Lipinski definition) is 7. The van der Waals surface area contributed by atoms with Gasteiger partial charge in [0.05, 0.1) is 23.7 Å². The molecule has 1 N–H and O–H groups in total. The van der Waals surface area contributed by atoms with E-state index < -0.39 is 28.8 Å². The Kier molecular flexibility index (Phi) is 6.77. The molecule has 0 bridgehead atoms. The van der Waals surface area contributed by atoms with Crippen LogP contribution in [0, 0.1) is 11.7 Å². The number of rotatable bonds is 6. The Morgan fingerprint density at radius 3 is 2.33 bits per heavy atom. The number of para-hydroxylation sites is 1. The van der Waals surface area contributed by atoms with Crippen LogP contribution in [0.15, 0.2) is 88.7 Å². The van der Waals surface area contributed by atoms with Crippen LogP contribution in [0.25, 0.3) is 0 Å². The van der Waals surface area contributed by atoms with E-state index in [9.17, 15) is 23.6 Å². The Hall–Kier alpha value is -4.22. The molecule has 1 fully saturated rings. The number of hydrogen-bond donors (Lipinski definition) is 1. The monoisotopic (exact) mass is 575 g/mol. The maximum atomic E-state index is 13.9. The lowest BCUT2D eigenvalue weighted by atomic mass is 9.83. The molecule has 0 radical (unpaired) electrons. The summed E-state index contributed by atoms with van der Waals surface area (Å²) in [6, 6.07) is 21.3. The predicted octanol–water partition coefficient (Wildman–Crippen LogP) is 4.49. The summed E-state index contributed by atoms with van der Waals surface area (Å²) in [5.41, 5.74) is 1.64. The summed E-state index contributed by atoms with van der Waals surface area (Å²) < 4.78 is 19.9. The molecule has 40 heavy (non-hydrogen) atoms. The summed E-state index contributed by atoms with van der Waals surface area (Å²) >= 11 is 2.12. The van der Waals surface area contributed by atoms with Gasteiger partial charge in [-0.15, -0.1) is 0 Å². The van der Waals surface area contributed by atoms with Crippen molar-refractivity contribution in [2.24, 2.45) is 5.92 Å². The molecule has 0 spiro atoms. The van der Waals surface area contributed by atoms with Crippen LogP contribution in [0.1, 0.15) is 16.4 Å². The van der Waals surface area contributed by atoms with Crippen LogP contribution < -0.4 is 19.8 Å². The number of methoxy groups -OCH3 is 1. The molecular weight excluding hydrogens is 553 g/mol. The number of amides is 3. The maximum Gasteiger partial charge on any atom is 0.308 e. The second-order valence-corrected chi connectivity index (χ2v) is 11.5. The first kappa shape index (κ1) is 26.0. The molecule has 202 valence electrons. The van der Waals surface area contributed by atoms with Crippen LogP contribution in [-0.4, -0.2) is 34.6 Å². The van der Waals surface area contributed by atoms with Crippen molar-refractivity contribution < 1.29 is 23.5 Å². The molecule has 0 aliphatic carbocycles. The highest BCUT2D eigenvalue weighted by atomic mass is 32.2. The van der Waals surface area contributed by atoms with Crippen LogP contribution in [0.2, 0.25) is 0 Å².